The predicted molar refractivity (Wildman–Crippen MR) is 63.5 cm³/mol. The molecule has 1 heterocycles. The van der Waals surface area contributed by atoms with Gasteiger partial charge >= 0.3 is 0 Å². The summed E-state index contributed by atoms with van der Waals surface area (Å²) in [7, 11) is 0. The van der Waals surface area contributed by atoms with Gasteiger partial charge in [0.05, 0.1) is 5.69 Å². The molecule has 3 heteroatoms. The monoisotopic (exact) mass is 217 g/mol. The van der Waals surface area contributed by atoms with Gasteiger partial charge in [-0.2, -0.15) is 0 Å². The number of carbonyl (C=O) groups excluding carboxylic acids is 1. The number of carbonyl (C=O) groups is 1. The summed E-state index contributed by atoms with van der Waals surface area (Å²) >= 11 is 0. The van der Waals surface area contributed by atoms with Gasteiger partial charge in [0, 0.05) is 18.9 Å². The molecule has 1 N–H and O–H groups in total. The molecule has 1 aliphatic heterocycles. The van der Waals surface area contributed by atoms with Crippen molar-refractivity contribution in [3.8, 4) is 5.75 Å². The zero-order chi connectivity index (χ0) is 11.7. The molecule has 1 amide bonds. The van der Waals surface area contributed by atoms with Crippen molar-refractivity contribution in [2.75, 3.05) is 11.4 Å². The van der Waals surface area contributed by atoms with Crippen molar-refractivity contribution in [3.63, 3.8) is 0 Å². The second kappa shape index (κ2) is 4.00. The minimum atomic E-state index is 0.0470. The van der Waals surface area contributed by atoms with Crippen molar-refractivity contribution in [2.45, 2.75) is 13.3 Å². The fourth-order valence-corrected chi connectivity index (χ4v) is 1.98. The van der Waals surface area contributed by atoms with Crippen molar-refractivity contribution in [3.05, 3.63) is 36.4 Å². The average molecular weight is 217 g/mol. The minimum absolute atomic E-state index is 0.0470. The van der Waals surface area contributed by atoms with E-state index < -0.39 is 0 Å². The third-order valence-electron chi connectivity index (χ3n) is 2.91. The number of phenols is 1. The van der Waals surface area contributed by atoms with Crippen molar-refractivity contribution >= 4 is 11.6 Å². The van der Waals surface area contributed by atoms with E-state index in [1.54, 1.807) is 17.0 Å². The molecule has 1 unspecified atom stereocenters. The van der Waals surface area contributed by atoms with Crippen LogP contribution in [0.15, 0.2) is 30.9 Å². The standard InChI is InChI=1S/C13H15NO2/c1-3-10-7-13(16)14(8-10)11-6-9(2)4-5-12(11)15/h3-6,10,15H,1,7-8H2,2H3. The summed E-state index contributed by atoms with van der Waals surface area (Å²) in [5, 5.41) is 9.75. The number of aromatic hydroxyl groups is 1. The Morgan fingerprint density at radius 2 is 2.31 bits per heavy atom. The van der Waals surface area contributed by atoms with E-state index >= 15 is 0 Å². The second-order valence-corrected chi connectivity index (χ2v) is 4.20. The fourth-order valence-electron chi connectivity index (χ4n) is 1.98. The summed E-state index contributed by atoms with van der Waals surface area (Å²) < 4.78 is 0. The number of nitrogens with zero attached hydrogens (tertiary/aromatic N) is 1. The lowest BCUT2D eigenvalue weighted by Gasteiger charge is -2.18. The highest BCUT2D eigenvalue weighted by Gasteiger charge is 2.30. The van der Waals surface area contributed by atoms with Gasteiger partial charge in [0.1, 0.15) is 5.75 Å². The number of anilines is 1. The highest BCUT2D eigenvalue weighted by atomic mass is 16.3. The summed E-state index contributed by atoms with van der Waals surface area (Å²) in [4.78, 5) is 13.4. The third kappa shape index (κ3) is 1.81. The highest BCUT2D eigenvalue weighted by molar-refractivity contribution is 5.97. The molecule has 0 bridgehead atoms. The molecule has 1 fully saturated rings. The van der Waals surface area contributed by atoms with Crippen LogP contribution in [0.2, 0.25) is 0 Å². The van der Waals surface area contributed by atoms with Gasteiger partial charge in [-0.15, -0.1) is 6.58 Å². The summed E-state index contributed by atoms with van der Waals surface area (Å²) in [6, 6.07) is 5.28. The van der Waals surface area contributed by atoms with Crippen molar-refractivity contribution < 1.29 is 9.90 Å². The molecule has 1 aliphatic rings. The van der Waals surface area contributed by atoms with Gasteiger partial charge in [-0.3, -0.25) is 4.79 Å². The molecule has 1 atom stereocenters. The Kier molecular flexibility index (Phi) is 2.69. The number of phenolic OH excluding ortho intramolecular Hbond substituents is 1. The topological polar surface area (TPSA) is 40.5 Å². The smallest absolute Gasteiger partial charge is 0.227 e. The van der Waals surface area contributed by atoms with E-state index in [-0.39, 0.29) is 17.6 Å². The molecular formula is C13H15NO2. The van der Waals surface area contributed by atoms with Crippen LogP contribution in [0.5, 0.6) is 5.75 Å². The van der Waals surface area contributed by atoms with Crippen molar-refractivity contribution in [2.24, 2.45) is 5.92 Å². The number of hydrogen-bond donors (Lipinski definition) is 1. The summed E-state index contributed by atoms with van der Waals surface area (Å²) in [5.74, 6) is 0.391. The summed E-state index contributed by atoms with van der Waals surface area (Å²) in [6.07, 6.45) is 2.28. The maximum absolute atomic E-state index is 11.8. The molecule has 0 aromatic heterocycles. The molecule has 0 aliphatic carbocycles. The van der Waals surface area contributed by atoms with E-state index in [0.717, 1.165) is 5.56 Å². The summed E-state index contributed by atoms with van der Waals surface area (Å²) in [6.45, 7) is 6.25. The van der Waals surface area contributed by atoms with Crippen LogP contribution in [-0.4, -0.2) is 17.6 Å². The number of benzene rings is 1. The van der Waals surface area contributed by atoms with E-state index in [1.807, 2.05) is 19.1 Å². The maximum atomic E-state index is 11.8. The highest BCUT2D eigenvalue weighted by Crippen LogP contribution is 2.33. The van der Waals surface area contributed by atoms with E-state index in [4.69, 9.17) is 0 Å². The van der Waals surface area contributed by atoms with Crippen LogP contribution in [-0.2, 0) is 4.79 Å². The molecule has 1 aromatic carbocycles. The molecule has 0 radical (unpaired) electrons. The Labute approximate surface area is 95.0 Å². The first-order valence-corrected chi connectivity index (χ1v) is 5.34. The van der Waals surface area contributed by atoms with Crippen LogP contribution in [0, 0.1) is 12.8 Å². The lowest BCUT2D eigenvalue weighted by molar-refractivity contribution is -0.117. The largest absolute Gasteiger partial charge is 0.506 e. The number of amides is 1. The fraction of sp³-hybridized carbons (Fsp3) is 0.308. The molecule has 1 saturated heterocycles. The Hall–Kier alpha value is -1.77. The lowest BCUT2D eigenvalue weighted by Crippen LogP contribution is -2.24. The van der Waals surface area contributed by atoms with E-state index in [1.165, 1.54) is 0 Å². The SMILES string of the molecule is C=CC1CC(=O)N(c2cc(C)ccc2O)C1. The van der Waals surface area contributed by atoms with E-state index in [2.05, 4.69) is 6.58 Å². The van der Waals surface area contributed by atoms with Gasteiger partial charge in [-0.1, -0.05) is 12.1 Å². The normalized spacial score (nSPS) is 20.2. The Bertz CT molecular complexity index is 440. The molecule has 16 heavy (non-hydrogen) atoms. The molecule has 0 saturated carbocycles. The van der Waals surface area contributed by atoms with Crippen LogP contribution in [0.1, 0.15) is 12.0 Å². The lowest BCUT2D eigenvalue weighted by atomic mass is 10.1. The quantitative estimate of drug-likeness (QED) is 0.772. The Morgan fingerprint density at radius 1 is 1.56 bits per heavy atom. The maximum Gasteiger partial charge on any atom is 0.227 e. The van der Waals surface area contributed by atoms with Crippen molar-refractivity contribution in [1.29, 1.82) is 0 Å². The minimum Gasteiger partial charge on any atom is -0.506 e. The van der Waals surface area contributed by atoms with Crippen LogP contribution >= 0.6 is 0 Å². The number of hydrogen-bond acceptors (Lipinski definition) is 2. The first-order chi connectivity index (χ1) is 7.61. The molecular weight excluding hydrogens is 202 g/mol. The van der Waals surface area contributed by atoms with Crippen LogP contribution in [0.4, 0.5) is 5.69 Å². The van der Waals surface area contributed by atoms with Gasteiger partial charge in [-0.25, -0.2) is 0 Å². The van der Waals surface area contributed by atoms with Crippen LogP contribution in [0.25, 0.3) is 0 Å². The van der Waals surface area contributed by atoms with E-state index in [0.29, 0.717) is 18.7 Å². The van der Waals surface area contributed by atoms with Crippen LogP contribution < -0.4 is 4.90 Å². The second-order valence-electron chi connectivity index (χ2n) is 4.20. The predicted octanol–water partition coefficient (Wildman–Crippen LogP) is 2.24. The Balaban J connectivity index is 2.34. The number of rotatable bonds is 2. The average Bonchev–Trinajstić information content (AvgIpc) is 2.63. The van der Waals surface area contributed by atoms with Gasteiger partial charge in [-0.05, 0) is 24.6 Å². The molecule has 2 rings (SSSR count). The van der Waals surface area contributed by atoms with Gasteiger partial charge in [0.25, 0.3) is 0 Å². The first-order valence-electron chi connectivity index (χ1n) is 5.34. The van der Waals surface area contributed by atoms with Crippen molar-refractivity contribution in [1.82, 2.24) is 0 Å². The third-order valence-corrected chi connectivity index (χ3v) is 2.91. The zero-order valence-electron chi connectivity index (χ0n) is 9.31. The van der Waals surface area contributed by atoms with Gasteiger partial charge < -0.3 is 10.0 Å². The summed E-state index contributed by atoms with van der Waals surface area (Å²) in [5.41, 5.74) is 1.64. The molecule has 1 aromatic rings. The van der Waals surface area contributed by atoms with Gasteiger partial charge in [0.15, 0.2) is 0 Å². The van der Waals surface area contributed by atoms with Gasteiger partial charge in [0.2, 0.25) is 5.91 Å². The zero-order valence-corrected chi connectivity index (χ0v) is 9.31. The van der Waals surface area contributed by atoms with E-state index in [9.17, 15) is 9.90 Å². The number of aryl methyl sites for hydroxylation is 1. The molecule has 3 nitrogen and oxygen atoms in total. The Morgan fingerprint density at radius 3 is 2.94 bits per heavy atom. The molecule has 0 spiro atoms. The van der Waals surface area contributed by atoms with Crippen LogP contribution in [0.3, 0.4) is 0 Å². The first kappa shape index (κ1) is 10.7. The molecule has 84 valence electrons.